The Bertz CT molecular complexity index is 574. The molecule has 0 aliphatic carbocycles. The monoisotopic (exact) mass is 272 g/mol. The number of benzene rings is 1. The average Bonchev–Trinajstić information content (AvgIpc) is 2.82. The number of nitrogens with zero attached hydrogens (tertiary/aromatic N) is 3. The van der Waals surface area contributed by atoms with Crippen LogP contribution in [-0.2, 0) is 12.0 Å². The molecule has 0 saturated heterocycles. The lowest BCUT2D eigenvalue weighted by atomic mass is 9.87. The van der Waals surface area contributed by atoms with Crippen LogP contribution in [0, 0.1) is 0 Å². The molecule has 0 saturated carbocycles. The quantitative estimate of drug-likeness (QED) is 0.933. The molecule has 4 nitrogen and oxygen atoms in total. The minimum absolute atomic E-state index is 0.157. The molecular weight excluding hydrogens is 248 g/mol. The van der Waals surface area contributed by atoms with E-state index in [0.717, 1.165) is 11.5 Å². The average molecular weight is 272 g/mol. The lowest BCUT2D eigenvalue weighted by Gasteiger charge is -2.19. The topological polar surface area (TPSA) is 56.7 Å². The van der Waals surface area contributed by atoms with E-state index in [2.05, 4.69) is 69.0 Å². The van der Waals surface area contributed by atoms with Crippen LogP contribution in [-0.4, -0.2) is 14.8 Å². The highest BCUT2D eigenvalue weighted by Gasteiger charge is 2.16. The summed E-state index contributed by atoms with van der Waals surface area (Å²) in [6, 6.07) is 8.51. The molecule has 108 valence electrons. The molecule has 0 unspecified atom stereocenters. The van der Waals surface area contributed by atoms with Gasteiger partial charge in [0.15, 0.2) is 5.82 Å². The van der Waals surface area contributed by atoms with Crippen molar-refractivity contribution < 1.29 is 0 Å². The smallest absolute Gasteiger partial charge is 0.164 e. The van der Waals surface area contributed by atoms with Gasteiger partial charge in [-0.2, -0.15) is 0 Å². The van der Waals surface area contributed by atoms with E-state index in [0.29, 0.717) is 18.3 Å². The second kappa shape index (κ2) is 5.37. The van der Waals surface area contributed by atoms with E-state index >= 15 is 0 Å². The second-order valence-corrected chi connectivity index (χ2v) is 6.45. The van der Waals surface area contributed by atoms with Crippen LogP contribution in [0.15, 0.2) is 24.3 Å². The summed E-state index contributed by atoms with van der Waals surface area (Å²) in [6.07, 6.45) is 0. The van der Waals surface area contributed by atoms with Crippen LogP contribution in [0.5, 0.6) is 0 Å². The third-order valence-electron chi connectivity index (χ3n) is 3.35. The minimum atomic E-state index is 0.157. The zero-order valence-electron chi connectivity index (χ0n) is 13.0. The van der Waals surface area contributed by atoms with Crippen molar-refractivity contribution in [2.45, 2.75) is 52.5 Å². The zero-order chi connectivity index (χ0) is 14.9. The van der Waals surface area contributed by atoms with Gasteiger partial charge in [-0.05, 0) is 23.1 Å². The van der Waals surface area contributed by atoms with Gasteiger partial charge in [-0.1, -0.05) is 46.8 Å². The van der Waals surface area contributed by atoms with Crippen LogP contribution in [0.3, 0.4) is 0 Å². The van der Waals surface area contributed by atoms with Crippen LogP contribution in [0.25, 0.3) is 5.69 Å². The predicted molar refractivity (Wildman–Crippen MR) is 82.0 cm³/mol. The van der Waals surface area contributed by atoms with Crippen molar-refractivity contribution in [1.82, 2.24) is 14.8 Å². The number of rotatable bonds is 3. The Kier molecular flexibility index (Phi) is 3.95. The largest absolute Gasteiger partial charge is 0.324 e. The van der Waals surface area contributed by atoms with Crippen molar-refractivity contribution in [3.05, 3.63) is 41.5 Å². The van der Waals surface area contributed by atoms with E-state index < -0.39 is 0 Å². The van der Waals surface area contributed by atoms with Gasteiger partial charge in [0, 0.05) is 5.92 Å². The molecule has 0 radical (unpaired) electrons. The molecule has 2 aromatic rings. The SMILES string of the molecule is CC(C)c1nc(CN)nn1-c1ccc(C(C)(C)C)cc1. The molecule has 4 heteroatoms. The summed E-state index contributed by atoms with van der Waals surface area (Å²) in [6.45, 7) is 11.2. The van der Waals surface area contributed by atoms with E-state index in [1.165, 1.54) is 5.56 Å². The summed E-state index contributed by atoms with van der Waals surface area (Å²) < 4.78 is 1.90. The molecule has 0 fully saturated rings. The second-order valence-electron chi connectivity index (χ2n) is 6.45. The third-order valence-corrected chi connectivity index (χ3v) is 3.35. The molecule has 0 amide bonds. The molecule has 1 heterocycles. The molecule has 0 aliphatic rings. The molecule has 0 atom stereocenters. The molecular formula is C16H24N4. The number of aromatic nitrogens is 3. The molecule has 2 rings (SSSR count). The maximum Gasteiger partial charge on any atom is 0.164 e. The number of hydrogen-bond donors (Lipinski definition) is 1. The van der Waals surface area contributed by atoms with Gasteiger partial charge < -0.3 is 5.73 Å². The molecule has 0 spiro atoms. The van der Waals surface area contributed by atoms with Crippen molar-refractivity contribution in [2.24, 2.45) is 5.73 Å². The third kappa shape index (κ3) is 2.90. The number of hydrogen-bond acceptors (Lipinski definition) is 3. The van der Waals surface area contributed by atoms with Crippen molar-refractivity contribution >= 4 is 0 Å². The van der Waals surface area contributed by atoms with E-state index in [1.807, 2.05) is 4.68 Å². The first kappa shape index (κ1) is 14.7. The summed E-state index contributed by atoms with van der Waals surface area (Å²) in [5.74, 6) is 1.95. The Morgan fingerprint density at radius 1 is 1.15 bits per heavy atom. The lowest BCUT2D eigenvalue weighted by Crippen LogP contribution is -2.11. The molecule has 1 aromatic carbocycles. The van der Waals surface area contributed by atoms with Gasteiger partial charge in [-0.15, -0.1) is 5.10 Å². The highest BCUT2D eigenvalue weighted by Crippen LogP contribution is 2.24. The lowest BCUT2D eigenvalue weighted by molar-refractivity contribution is 0.590. The van der Waals surface area contributed by atoms with Gasteiger partial charge in [0.2, 0.25) is 0 Å². The fourth-order valence-electron chi connectivity index (χ4n) is 2.12. The zero-order valence-corrected chi connectivity index (χ0v) is 13.0. The molecule has 2 N–H and O–H groups in total. The number of nitrogens with two attached hydrogens (primary N) is 1. The van der Waals surface area contributed by atoms with Gasteiger partial charge in [-0.25, -0.2) is 9.67 Å². The predicted octanol–water partition coefficient (Wildman–Crippen LogP) is 3.15. The first-order valence-electron chi connectivity index (χ1n) is 7.09. The summed E-state index contributed by atoms with van der Waals surface area (Å²) >= 11 is 0. The Balaban J connectivity index is 2.43. The fraction of sp³-hybridized carbons (Fsp3) is 0.500. The van der Waals surface area contributed by atoms with Crippen molar-refractivity contribution in [1.29, 1.82) is 0 Å². The highest BCUT2D eigenvalue weighted by molar-refractivity contribution is 5.37. The Labute approximate surface area is 121 Å². The van der Waals surface area contributed by atoms with Crippen molar-refractivity contribution in [2.75, 3.05) is 0 Å². The molecule has 0 aliphatic heterocycles. The van der Waals surface area contributed by atoms with Crippen LogP contribution in [0.4, 0.5) is 0 Å². The first-order valence-corrected chi connectivity index (χ1v) is 7.09. The molecule has 0 bridgehead atoms. The summed E-state index contributed by atoms with van der Waals surface area (Å²) in [4.78, 5) is 4.50. The van der Waals surface area contributed by atoms with Crippen LogP contribution >= 0.6 is 0 Å². The van der Waals surface area contributed by atoms with E-state index in [4.69, 9.17) is 5.73 Å². The maximum atomic E-state index is 5.65. The minimum Gasteiger partial charge on any atom is -0.324 e. The van der Waals surface area contributed by atoms with Gasteiger partial charge >= 0.3 is 0 Å². The Hall–Kier alpha value is -1.68. The maximum absolute atomic E-state index is 5.65. The van der Waals surface area contributed by atoms with Crippen LogP contribution in [0.1, 0.15) is 57.7 Å². The van der Waals surface area contributed by atoms with E-state index in [9.17, 15) is 0 Å². The van der Waals surface area contributed by atoms with Gasteiger partial charge in [0.05, 0.1) is 12.2 Å². The Morgan fingerprint density at radius 3 is 2.20 bits per heavy atom. The van der Waals surface area contributed by atoms with Gasteiger partial charge in [0.1, 0.15) is 5.82 Å². The summed E-state index contributed by atoms with van der Waals surface area (Å²) in [5, 5.41) is 4.49. The van der Waals surface area contributed by atoms with Gasteiger partial charge in [-0.3, -0.25) is 0 Å². The van der Waals surface area contributed by atoms with Crippen molar-refractivity contribution in [3.8, 4) is 5.69 Å². The fourth-order valence-corrected chi connectivity index (χ4v) is 2.12. The first-order chi connectivity index (χ1) is 9.32. The van der Waals surface area contributed by atoms with Crippen LogP contribution < -0.4 is 5.73 Å². The Morgan fingerprint density at radius 2 is 1.75 bits per heavy atom. The normalized spacial score (nSPS) is 12.2. The van der Waals surface area contributed by atoms with Crippen LogP contribution in [0.2, 0.25) is 0 Å². The van der Waals surface area contributed by atoms with Gasteiger partial charge in [0.25, 0.3) is 0 Å². The van der Waals surface area contributed by atoms with E-state index in [-0.39, 0.29) is 5.41 Å². The highest BCUT2D eigenvalue weighted by atomic mass is 15.4. The molecule has 20 heavy (non-hydrogen) atoms. The standard InChI is InChI=1S/C16H24N4/c1-11(2)15-18-14(10-17)19-20(15)13-8-6-12(7-9-13)16(3,4)5/h6-9,11H,10,17H2,1-5H3. The molecule has 1 aromatic heterocycles. The summed E-state index contributed by atoms with van der Waals surface area (Å²) in [7, 11) is 0. The van der Waals surface area contributed by atoms with E-state index in [1.54, 1.807) is 0 Å². The summed E-state index contributed by atoms with van der Waals surface area (Å²) in [5.41, 5.74) is 8.16. The van der Waals surface area contributed by atoms with Crippen molar-refractivity contribution in [3.63, 3.8) is 0 Å².